The van der Waals surface area contributed by atoms with Crippen molar-refractivity contribution in [1.82, 2.24) is 10.4 Å². The zero-order chi connectivity index (χ0) is 12.3. The molecule has 0 aliphatic carbocycles. The van der Waals surface area contributed by atoms with E-state index in [1.807, 2.05) is 24.3 Å². The van der Waals surface area contributed by atoms with Crippen LogP contribution in [0.4, 0.5) is 0 Å². The van der Waals surface area contributed by atoms with Crippen LogP contribution in [0.15, 0.2) is 36.5 Å². The van der Waals surface area contributed by atoms with Crippen LogP contribution in [-0.2, 0) is 4.79 Å². The van der Waals surface area contributed by atoms with Crippen molar-refractivity contribution in [3.8, 4) is 5.75 Å². The van der Waals surface area contributed by atoms with Gasteiger partial charge in [-0.05, 0) is 31.2 Å². The van der Waals surface area contributed by atoms with E-state index in [0.717, 1.165) is 10.9 Å². The highest BCUT2D eigenvalue weighted by Crippen LogP contribution is 2.24. The molecule has 1 amide bonds. The summed E-state index contributed by atoms with van der Waals surface area (Å²) < 4.78 is 5.55. The number of amides is 1. The summed E-state index contributed by atoms with van der Waals surface area (Å²) in [6, 6.07) is 9.23. The van der Waals surface area contributed by atoms with Crippen molar-refractivity contribution in [2.75, 3.05) is 0 Å². The van der Waals surface area contributed by atoms with E-state index >= 15 is 0 Å². The molecular formula is C12H13N3O2. The zero-order valence-corrected chi connectivity index (χ0v) is 9.38. The van der Waals surface area contributed by atoms with E-state index in [-0.39, 0.29) is 5.91 Å². The molecule has 17 heavy (non-hydrogen) atoms. The second-order valence-corrected chi connectivity index (χ2v) is 3.59. The highest BCUT2D eigenvalue weighted by Gasteiger charge is 2.14. The molecule has 2 aromatic rings. The molecule has 1 unspecified atom stereocenters. The minimum Gasteiger partial charge on any atom is -0.480 e. The van der Waals surface area contributed by atoms with Gasteiger partial charge in [-0.25, -0.2) is 5.84 Å². The molecule has 1 aromatic heterocycles. The summed E-state index contributed by atoms with van der Waals surface area (Å²) in [6.07, 6.45) is 1.06. The van der Waals surface area contributed by atoms with Gasteiger partial charge in [0.15, 0.2) is 6.10 Å². The number of carbonyl (C=O) groups is 1. The van der Waals surface area contributed by atoms with Gasteiger partial charge in [-0.3, -0.25) is 15.2 Å². The SMILES string of the molecule is CC(Oc1cccc2ncccc12)C(=O)NN. The van der Waals surface area contributed by atoms with Gasteiger partial charge in [0.2, 0.25) is 0 Å². The highest BCUT2D eigenvalue weighted by atomic mass is 16.5. The Morgan fingerprint density at radius 2 is 2.24 bits per heavy atom. The molecule has 2 rings (SSSR count). The normalized spacial score (nSPS) is 12.1. The lowest BCUT2D eigenvalue weighted by atomic mass is 10.2. The summed E-state index contributed by atoms with van der Waals surface area (Å²) in [5, 5.41) is 0.867. The Kier molecular flexibility index (Phi) is 3.20. The Morgan fingerprint density at radius 3 is 3.00 bits per heavy atom. The highest BCUT2D eigenvalue weighted by molar-refractivity contribution is 5.86. The van der Waals surface area contributed by atoms with Gasteiger partial charge >= 0.3 is 0 Å². The molecule has 0 spiro atoms. The fourth-order valence-corrected chi connectivity index (χ4v) is 1.54. The summed E-state index contributed by atoms with van der Waals surface area (Å²) in [4.78, 5) is 15.5. The lowest BCUT2D eigenvalue weighted by molar-refractivity contribution is -0.127. The smallest absolute Gasteiger partial charge is 0.274 e. The van der Waals surface area contributed by atoms with E-state index in [1.54, 1.807) is 19.2 Å². The lowest BCUT2D eigenvalue weighted by Crippen LogP contribution is -2.40. The van der Waals surface area contributed by atoms with Crippen molar-refractivity contribution >= 4 is 16.8 Å². The summed E-state index contributed by atoms with van der Waals surface area (Å²) in [6.45, 7) is 1.64. The average Bonchev–Trinajstić information content (AvgIpc) is 2.38. The first-order valence-corrected chi connectivity index (χ1v) is 5.23. The van der Waals surface area contributed by atoms with Gasteiger partial charge in [-0.2, -0.15) is 0 Å². The van der Waals surface area contributed by atoms with Crippen LogP contribution >= 0.6 is 0 Å². The maximum Gasteiger partial charge on any atom is 0.274 e. The first kappa shape index (κ1) is 11.3. The molecule has 0 saturated heterocycles. The number of hydrazine groups is 1. The molecule has 3 N–H and O–H groups in total. The summed E-state index contributed by atoms with van der Waals surface area (Å²) in [5.41, 5.74) is 2.88. The summed E-state index contributed by atoms with van der Waals surface area (Å²) in [5.74, 6) is 5.30. The molecule has 5 nitrogen and oxygen atoms in total. The maximum absolute atomic E-state index is 11.3. The van der Waals surface area contributed by atoms with E-state index in [0.29, 0.717) is 5.75 Å². The Bertz CT molecular complexity index is 537. The topological polar surface area (TPSA) is 77.2 Å². The van der Waals surface area contributed by atoms with E-state index in [9.17, 15) is 4.79 Å². The van der Waals surface area contributed by atoms with Crippen molar-refractivity contribution in [2.24, 2.45) is 5.84 Å². The van der Waals surface area contributed by atoms with Crippen molar-refractivity contribution in [1.29, 1.82) is 0 Å². The maximum atomic E-state index is 11.3. The Hall–Kier alpha value is -2.14. The third kappa shape index (κ3) is 2.34. The fourth-order valence-electron chi connectivity index (χ4n) is 1.54. The van der Waals surface area contributed by atoms with Crippen molar-refractivity contribution in [3.63, 3.8) is 0 Å². The Labute approximate surface area is 98.6 Å². The van der Waals surface area contributed by atoms with E-state index in [2.05, 4.69) is 10.4 Å². The third-order valence-corrected chi connectivity index (χ3v) is 2.42. The molecular weight excluding hydrogens is 218 g/mol. The van der Waals surface area contributed by atoms with Crippen LogP contribution in [0.25, 0.3) is 10.9 Å². The number of aromatic nitrogens is 1. The van der Waals surface area contributed by atoms with Crippen LogP contribution < -0.4 is 16.0 Å². The summed E-state index contributed by atoms with van der Waals surface area (Å²) in [7, 11) is 0. The first-order valence-electron chi connectivity index (χ1n) is 5.23. The second kappa shape index (κ2) is 4.80. The van der Waals surface area contributed by atoms with Crippen molar-refractivity contribution in [2.45, 2.75) is 13.0 Å². The summed E-state index contributed by atoms with van der Waals surface area (Å²) >= 11 is 0. The number of hydrogen-bond acceptors (Lipinski definition) is 4. The minimum absolute atomic E-state index is 0.370. The van der Waals surface area contributed by atoms with Gasteiger partial charge in [0.25, 0.3) is 5.91 Å². The lowest BCUT2D eigenvalue weighted by Gasteiger charge is -2.14. The first-order chi connectivity index (χ1) is 8.22. The van der Waals surface area contributed by atoms with Crippen LogP contribution in [0.5, 0.6) is 5.75 Å². The largest absolute Gasteiger partial charge is 0.480 e. The Morgan fingerprint density at radius 1 is 1.41 bits per heavy atom. The zero-order valence-electron chi connectivity index (χ0n) is 9.38. The third-order valence-electron chi connectivity index (χ3n) is 2.42. The second-order valence-electron chi connectivity index (χ2n) is 3.59. The molecule has 1 heterocycles. The number of nitrogens with zero attached hydrogens (tertiary/aromatic N) is 1. The number of pyridine rings is 1. The van der Waals surface area contributed by atoms with Crippen LogP contribution in [0.2, 0.25) is 0 Å². The van der Waals surface area contributed by atoms with Crippen molar-refractivity contribution in [3.05, 3.63) is 36.5 Å². The number of rotatable bonds is 3. The molecule has 0 radical (unpaired) electrons. The number of nitrogens with two attached hydrogens (primary N) is 1. The minimum atomic E-state index is -0.647. The van der Waals surface area contributed by atoms with Gasteiger partial charge in [0.05, 0.1) is 5.52 Å². The quantitative estimate of drug-likeness (QED) is 0.469. The predicted molar refractivity (Wildman–Crippen MR) is 64.2 cm³/mol. The van der Waals surface area contributed by atoms with Crippen LogP contribution in [0.3, 0.4) is 0 Å². The predicted octanol–water partition coefficient (Wildman–Crippen LogP) is 0.992. The average molecular weight is 231 g/mol. The molecule has 1 atom stereocenters. The fraction of sp³-hybridized carbons (Fsp3) is 0.167. The molecule has 0 aliphatic rings. The standard InChI is InChI=1S/C12H13N3O2/c1-8(12(16)15-13)17-11-6-2-5-10-9(11)4-3-7-14-10/h2-8H,13H2,1H3,(H,15,16). The molecule has 88 valence electrons. The number of hydrogen-bond donors (Lipinski definition) is 2. The van der Waals surface area contributed by atoms with Gasteiger partial charge in [-0.1, -0.05) is 6.07 Å². The number of nitrogens with one attached hydrogen (secondary N) is 1. The van der Waals surface area contributed by atoms with E-state index in [1.165, 1.54) is 0 Å². The molecule has 0 saturated carbocycles. The van der Waals surface area contributed by atoms with Gasteiger partial charge in [0, 0.05) is 11.6 Å². The van der Waals surface area contributed by atoms with E-state index < -0.39 is 6.10 Å². The number of benzene rings is 1. The Balaban J connectivity index is 2.33. The number of ether oxygens (including phenoxy) is 1. The number of fused-ring (bicyclic) bond motifs is 1. The molecule has 0 fully saturated rings. The number of carbonyl (C=O) groups excluding carboxylic acids is 1. The van der Waals surface area contributed by atoms with Crippen LogP contribution in [0, 0.1) is 0 Å². The van der Waals surface area contributed by atoms with Crippen LogP contribution in [-0.4, -0.2) is 17.0 Å². The van der Waals surface area contributed by atoms with Crippen molar-refractivity contribution < 1.29 is 9.53 Å². The molecule has 0 aliphatic heterocycles. The molecule has 1 aromatic carbocycles. The van der Waals surface area contributed by atoms with Gasteiger partial charge < -0.3 is 4.74 Å². The van der Waals surface area contributed by atoms with Gasteiger partial charge in [-0.15, -0.1) is 0 Å². The molecule has 0 bridgehead atoms. The van der Waals surface area contributed by atoms with E-state index in [4.69, 9.17) is 10.6 Å². The van der Waals surface area contributed by atoms with Gasteiger partial charge in [0.1, 0.15) is 5.75 Å². The molecule has 5 heteroatoms. The van der Waals surface area contributed by atoms with Crippen LogP contribution in [0.1, 0.15) is 6.92 Å². The monoisotopic (exact) mass is 231 g/mol.